The molecular weight excluding hydrogens is 366 g/mol. The van der Waals surface area contributed by atoms with Crippen LogP contribution in [0.3, 0.4) is 0 Å². The highest BCUT2D eigenvalue weighted by molar-refractivity contribution is 6.31. The summed E-state index contributed by atoms with van der Waals surface area (Å²) in [5, 5.41) is 10.5. The fourth-order valence-electron chi connectivity index (χ4n) is 3.16. The fourth-order valence-corrected chi connectivity index (χ4v) is 3.33. The summed E-state index contributed by atoms with van der Waals surface area (Å²) in [6.45, 7) is 0. The molecule has 5 nitrogen and oxygen atoms in total. The van der Waals surface area contributed by atoms with E-state index >= 15 is 0 Å². The van der Waals surface area contributed by atoms with Gasteiger partial charge in [0.2, 0.25) is 5.78 Å². The molecule has 2 aromatic heterocycles. The highest BCUT2D eigenvalue weighted by Crippen LogP contribution is 2.29. The number of rotatable bonds is 5. The predicted molar refractivity (Wildman–Crippen MR) is 102 cm³/mol. The molecule has 2 aromatic carbocycles. The number of H-pyrrole nitrogens is 1. The van der Waals surface area contributed by atoms with Crippen LogP contribution in [0.1, 0.15) is 21.6 Å². The number of carbonyl (C=O) groups excluding carboxylic acids is 1. The Labute approximate surface area is 159 Å². The van der Waals surface area contributed by atoms with Crippen LogP contribution in [-0.4, -0.2) is 21.8 Å². The molecule has 0 unspecified atom stereocenters. The number of furan rings is 1. The molecule has 0 amide bonds. The number of halogens is 1. The molecule has 0 saturated heterocycles. The monoisotopic (exact) mass is 379 g/mol. The van der Waals surface area contributed by atoms with Crippen LogP contribution in [0, 0.1) is 0 Å². The maximum absolute atomic E-state index is 13.1. The maximum atomic E-state index is 13.1. The van der Waals surface area contributed by atoms with Gasteiger partial charge in [-0.25, -0.2) is 0 Å². The van der Waals surface area contributed by atoms with Crippen molar-refractivity contribution < 1.29 is 19.1 Å². The van der Waals surface area contributed by atoms with Crippen LogP contribution in [-0.2, 0) is 11.2 Å². The van der Waals surface area contributed by atoms with Gasteiger partial charge in [-0.3, -0.25) is 9.59 Å². The summed E-state index contributed by atoms with van der Waals surface area (Å²) in [6, 6.07) is 15.7. The third-order valence-electron chi connectivity index (χ3n) is 4.35. The lowest BCUT2D eigenvalue weighted by Gasteiger charge is -2.04. The molecule has 2 N–H and O–H groups in total. The van der Waals surface area contributed by atoms with Crippen LogP contribution in [0.5, 0.6) is 0 Å². The average Bonchev–Trinajstić information content (AvgIpc) is 3.29. The van der Waals surface area contributed by atoms with Gasteiger partial charge >= 0.3 is 5.97 Å². The summed E-state index contributed by atoms with van der Waals surface area (Å²) in [4.78, 5) is 27.5. The number of carbonyl (C=O) groups is 2. The van der Waals surface area contributed by atoms with E-state index in [4.69, 9.17) is 16.0 Å². The Kier molecular flexibility index (Phi) is 4.30. The first kappa shape index (κ1) is 17.1. The Morgan fingerprint density at radius 3 is 2.67 bits per heavy atom. The second-order valence-electron chi connectivity index (χ2n) is 6.13. The maximum Gasteiger partial charge on any atom is 0.307 e. The van der Waals surface area contributed by atoms with Crippen molar-refractivity contribution in [2.75, 3.05) is 0 Å². The predicted octanol–water partition coefficient (Wildman–Crippen LogP) is 4.94. The molecule has 0 saturated carbocycles. The molecule has 2 heterocycles. The van der Waals surface area contributed by atoms with E-state index in [0.717, 1.165) is 5.56 Å². The minimum atomic E-state index is -1.01. The van der Waals surface area contributed by atoms with Crippen molar-refractivity contribution in [3.05, 3.63) is 82.7 Å². The van der Waals surface area contributed by atoms with Crippen molar-refractivity contribution in [3.63, 3.8) is 0 Å². The van der Waals surface area contributed by atoms with E-state index < -0.39 is 5.97 Å². The van der Waals surface area contributed by atoms with Gasteiger partial charge in [0.05, 0.1) is 18.4 Å². The van der Waals surface area contributed by atoms with E-state index in [9.17, 15) is 14.7 Å². The van der Waals surface area contributed by atoms with Crippen LogP contribution in [0.2, 0.25) is 5.02 Å². The summed E-state index contributed by atoms with van der Waals surface area (Å²) in [5.74, 6) is -0.643. The molecule has 0 atom stereocenters. The lowest BCUT2D eigenvalue weighted by molar-refractivity contribution is -0.136. The third kappa shape index (κ3) is 3.25. The van der Waals surface area contributed by atoms with Gasteiger partial charge in [0.1, 0.15) is 5.76 Å². The van der Waals surface area contributed by atoms with E-state index in [0.29, 0.717) is 32.8 Å². The van der Waals surface area contributed by atoms with E-state index in [1.165, 1.54) is 0 Å². The van der Waals surface area contributed by atoms with Crippen LogP contribution in [0.15, 0.2) is 65.3 Å². The van der Waals surface area contributed by atoms with E-state index in [1.54, 1.807) is 48.7 Å². The Hall–Kier alpha value is -3.31. The molecule has 0 spiro atoms. The van der Waals surface area contributed by atoms with Gasteiger partial charge < -0.3 is 14.5 Å². The van der Waals surface area contributed by atoms with Gasteiger partial charge in [-0.1, -0.05) is 35.9 Å². The second-order valence-corrected chi connectivity index (χ2v) is 6.56. The lowest BCUT2D eigenvalue weighted by Crippen LogP contribution is -2.08. The molecule has 0 aliphatic heterocycles. The van der Waals surface area contributed by atoms with Crippen molar-refractivity contribution in [1.82, 2.24) is 4.98 Å². The van der Waals surface area contributed by atoms with Crippen molar-refractivity contribution in [2.45, 2.75) is 6.42 Å². The molecule has 27 heavy (non-hydrogen) atoms. The number of aliphatic carboxylic acids is 1. The summed E-state index contributed by atoms with van der Waals surface area (Å²) in [5.41, 5.74) is 2.54. The second kappa shape index (κ2) is 6.78. The quantitative estimate of drug-likeness (QED) is 0.481. The van der Waals surface area contributed by atoms with Crippen molar-refractivity contribution in [2.24, 2.45) is 0 Å². The highest BCUT2D eigenvalue weighted by atomic mass is 35.5. The van der Waals surface area contributed by atoms with Gasteiger partial charge in [-0.05, 0) is 30.3 Å². The fraction of sp³-hybridized carbons (Fsp3) is 0.0476. The molecule has 0 bridgehead atoms. The summed E-state index contributed by atoms with van der Waals surface area (Å²) < 4.78 is 5.39. The van der Waals surface area contributed by atoms with Gasteiger partial charge in [0, 0.05) is 32.6 Å². The first-order chi connectivity index (χ1) is 13.0. The molecule has 134 valence electrons. The van der Waals surface area contributed by atoms with Crippen LogP contribution < -0.4 is 0 Å². The minimum Gasteiger partial charge on any atom is -0.481 e. The topological polar surface area (TPSA) is 83.3 Å². The van der Waals surface area contributed by atoms with Gasteiger partial charge in [-0.15, -0.1) is 0 Å². The molecule has 4 rings (SSSR count). The molecule has 0 aliphatic carbocycles. The Balaban J connectivity index is 1.83. The molecule has 0 radical (unpaired) electrons. The number of nitrogens with one attached hydrogen (secondary N) is 1. The number of fused-ring (bicyclic) bond motifs is 1. The van der Waals surface area contributed by atoms with Crippen molar-refractivity contribution >= 4 is 34.3 Å². The number of carboxylic acid groups (broad SMARTS) is 1. The first-order valence-corrected chi connectivity index (χ1v) is 8.61. The molecular formula is C21H14ClNO4. The summed E-state index contributed by atoms with van der Waals surface area (Å²) in [6.07, 6.45) is 1.30. The van der Waals surface area contributed by atoms with Crippen LogP contribution in [0.4, 0.5) is 0 Å². The van der Waals surface area contributed by atoms with Crippen LogP contribution in [0.25, 0.3) is 22.2 Å². The summed E-state index contributed by atoms with van der Waals surface area (Å²) >= 11 is 6.03. The highest BCUT2D eigenvalue weighted by Gasteiger charge is 2.21. The zero-order chi connectivity index (χ0) is 19.0. The van der Waals surface area contributed by atoms with Crippen molar-refractivity contribution in [1.29, 1.82) is 0 Å². The van der Waals surface area contributed by atoms with E-state index in [1.807, 2.05) is 12.1 Å². The molecule has 0 aliphatic rings. The van der Waals surface area contributed by atoms with Gasteiger partial charge in [-0.2, -0.15) is 0 Å². The SMILES string of the molecule is O=C(O)Cc1c(C(=O)c2cccc(-c3ccco3)c2)[nH]c2cc(Cl)ccc12. The molecule has 4 aromatic rings. The third-order valence-corrected chi connectivity index (χ3v) is 4.59. The number of carboxylic acids is 1. The molecule has 6 heteroatoms. The number of aromatic nitrogens is 1. The van der Waals surface area contributed by atoms with Crippen LogP contribution >= 0.6 is 11.6 Å². The number of hydrogen-bond acceptors (Lipinski definition) is 3. The number of aromatic amines is 1. The molecule has 0 fully saturated rings. The number of hydrogen-bond donors (Lipinski definition) is 2. The number of ketones is 1. The lowest BCUT2D eigenvalue weighted by atomic mass is 9.99. The zero-order valence-electron chi connectivity index (χ0n) is 14.0. The zero-order valence-corrected chi connectivity index (χ0v) is 14.8. The van der Waals surface area contributed by atoms with Gasteiger partial charge in [0.25, 0.3) is 0 Å². The Morgan fingerprint density at radius 2 is 1.93 bits per heavy atom. The standard InChI is InChI=1S/C21H14ClNO4/c22-14-6-7-15-16(11-19(24)25)20(23-17(15)10-14)21(26)13-4-1-3-12(9-13)18-5-2-8-27-18/h1-10,23H,11H2,(H,24,25). The average molecular weight is 380 g/mol. The summed E-state index contributed by atoms with van der Waals surface area (Å²) in [7, 11) is 0. The normalized spacial score (nSPS) is 11.0. The van der Waals surface area contributed by atoms with Gasteiger partial charge in [0.15, 0.2) is 0 Å². The largest absolute Gasteiger partial charge is 0.481 e. The first-order valence-electron chi connectivity index (χ1n) is 8.23. The number of benzene rings is 2. The Bertz CT molecular complexity index is 1160. The minimum absolute atomic E-state index is 0.256. The smallest absolute Gasteiger partial charge is 0.307 e. The van der Waals surface area contributed by atoms with Crippen molar-refractivity contribution in [3.8, 4) is 11.3 Å². The van der Waals surface area contributed by atoms with E-state index in [-0.39, 0.29) is 17.9 Å². The Morgan fingerprint density at radius 1 is 1.07 bits per heavy atom. The van der Waals surface area contributed by atoms with E-state index in [2.05, 4.69) is 4.98 Å².